The highest BCUT2D eigenvalue weighted by molar-refractivity contribution is 6.36. The molecule has 0 bridgehead atoms. The van der Waals surface area contributed by atoms with E-state index in [-0.39, 0.29) is 12.1 Å². The van der Waals surface area contributed by atoms with Crippen molar-refractivity contribution in [3.8, 4) is 11.1 Å². The van der Waals surface area contributed by atoms with Gasteiger partial charge in [0.2, 0.25) is 0 Å². The summed E-state index contributed by atoms with van der Waals surface area (Å²) in [5, 5.41) is 0. The summed E-state index contributed by atoms with van der Waals surface area (Å²) in [6.07, 6.45) is -0.343. The number of aryl methyl sites for hydroxylation is 1. The molecule has 1 amide bonds. The van der Waals surface area contributed by atoms with Gasteiger partial charge in [0.15, 0.2) is 0 Å². The molecule has 1 unspecified atom stereocenters. The summed E-state index contributed by atoms with van der Waals surface area (Å²) < 4.78 is 5.70. The molecule has 5 heteroatoms. The molecule has 3 aromatic rings. The molecular weight excluding hydrogens is 359 g/mol. The predicted octanol–water partition coefficient (Wildman–Crippen LogP) is 4.51. The molecule has 4 rings (SSSR count). The maximum atomic E-state index is 12.7. The molecule has 4 nitrogen and oxygen atoms in total. The standard InChI is InChI=1S/C24H23BN2O2/c1-15-13-18(14-20(25)21(15)26)16-9-11-19(12-10-16)27-22(17-7-5-4-6-8-17)24(2,3)29-23(27)28/h4-14,22H,26H2,1-3H3. The number of amides is 1. The van der Waals surface area contributed by atoms with E-state index in [2.05, 4.69) is 0 Å². The van der Waals surface area contributed by atoms with Crippen molar-refractivity contribution in [1.29, 1.82) is 0 Å². The lowest BCUT2D eigenvalue weighted by Gasteiger charge is -2.29. The predicted molar refractivity (Wildman–Crippen MR) is 119 cm³/mol. The summed E-state index contributed by atoms with van der Waals surface area (Å²) in [7, 11) is 6.02. The molecule has 3 aromatic carbocycles. The number of carbonyl (C=O) groups excluding carboxylic acids is 1. The van der Waals surface area contributed by atoms with Crippen LogP contribution in [-0.2, 0) is 4.74 Å². The first kappa shape index (κ1) is 19.1. The van der Waals surface area contributed by atoms with Crippen molar-refractivity contribution in [2.24, 2.45) is 0 Å². The average molecular weight is 382 g/mol. The summed E-state index contributed by atoms with van der Waals surface area (Å²) in [5.74, 6) is 0. The first-order valence-electron chi connectivity index (χ1n) is 9.61. The van der Waals surface area contributed by atoms with Gasteiger partial charge in [-0.1, -0.05) is 54.0 Å². The lowest BCUT2D eigenvalue weighted by atomic mass is 9.88. The zero-order valence-electron chi connectivity index (χ0n) is 16.8. The van der Waals surface area contributed by atoms with E-state index in [1.807, 2.05) is 87.5 Å². The van der Waals surface area contributed by atoms with Gasteiger partial charge in [-0.3, -0.25) is 4.90 Å². The van der Waals surface area contributed by atoms with Gasteiger partial charge in [-0.2, -0.15) is 0 Å². The van der Waals surface area contributed by atoms with E-state index in [1.54, 1.807) is 4.90 Å². The third-order valence-electron chi connectivity index (χ3n) is 5.48. The molecular formula is C24H23BN2O2. The number of hydrogen-bond acceptors (Lipinski definition) is 3. The number of nitrogens with two attached hydrogens (primary N) is 1. The van der Waals surface area contributed by atoms with E-state index >= 15 is 0 Å². The molecule has 0 aromatic heterocycles. The molecule has 29 heavy (non-hydrogen) atoms. The number of rotatable bonds is 3. The van der Waals surface area contributed by atoms with Crippen LogP contribution >= 0.6 is 0 Å². The third kappa shape index (κ3) is 3.37. The van der Waals surface area contributed by atoms with Crippen LogP contribution in [0.5, 0.6) is 0 Å². The van der Waals surface area contributed by atoms with Gasteiger partial charge in [0.1, 0.15) is 19.5 Å². The Morgan fingerprint density at radius 1 is 1.00 bits per heavy atom. The highest BCUT2D eigenvalue weighted by Crippen LogP contribution is 2.43. The molecule has 1 aliphatic rings. The minimum atomic E-state index is -0.639. The Labute approximate surface area is 172 Å². The van der Waals surface area contributed by atoms with E-state index in [0.29, 0.717) is 11.2 Å². The van der Waals surface area contributed by atoms with Crippen LogP contribution in [0.2, 0.25) is 0 Å². The molecule has 144 valence electrons. The van der Waals surface area contributed by atoms with Crippen molar-refractivity contribution < 1.29 is 9.53 Å². The summed E-state index contributed by atoms with van der Waals surface area (Å²) in [6, 6.07) is 21.5. The minimum Gasteiger partial charge on any atom is -0.441 e. The molecule has 0 spiro atoms. The highest BCUT2D eigenvalue weighted by Gasteiger charge is 2.49. The Balaban J connectivity index is 1.72. The number of hydrogen-bond donors (Lipinski definition) is 1. The summed E-state index contributed by atoms with van der Waals surface area (Å²) in [6.45, 7) is 5.82. The SMILES string of the molecule is [B]c1cc(-c2ccc(N3C(=O)OC(C)(C)C3c3ccccc3)cc2)cc(C)c1N. The second-order valence-corrected chi connectivity index (χ2v) is 8.00. The summed E-state index contributed by atoms with van der Waals surface area (Å²) >= 11 is 0. The van der Waals surface area contributed by atoms with Gasteiger partial charge < -0.3 is 10.5 Å². The van der Waals surface area contributed by atoms with Gasteiger partial charge in [-0.25, -0.2) is 4.79 Å². The normalized spacial score (nSPS) is 18.0. The van der Waals surface area contributed by atoms with Gasteiger partial charge in [0, 0.05) is 11.4 Å². The molecule has 2 radical (unpaired) electrons. The number of nitrogen functional groups attached to an aromatic ring is 1. The van der Waals surface area contributed by atoms with Gasteiger partial charge >= 0.3 is 6.09 Å². The quantitative estimate of drug-likeness (QED) is 0.536. The topological polar surface area (TPSA) is 55.6 Å². The molecule has 1 aliphatic heterocycles. The zero-order chi connectivity index (χ0) is 20.8. The van der Waals surface area contributed by atoms with Crippen molar-refractivity contribution in [3.05, 3.63) is 77.9 Å². The largest absolute Gasteiger partial charge is 0.441 e. The van der Waals surface area contributed by atoms with Crippen molar-refractivity contribution in [1.82, 2.24) is 0 Å². The summed E-state index contributed by atoms with van der Waals surface area (Å²) in [5.41, 5.74) is 11.3. The van der Waals surface area contributed by atoms with E-state index in [9.17, 15) is 4.79 Å². The Morgan fingerprint density at radius 3 is 2.28 bits per heavy atom. The number of ether oxygens (including phenoxy) is 1. The Hall–Kier alpha value is -3.21. The fourth-order valence-corrected chi connectivity index (χ4v) is 3.99. The van der Waals surface area contributed by atoms with E-state index in [0.717, 1.165) is 27.9 Å². The number of nitrogens with zero attached hydrogens (tertiary/aromatic N) is 1. The fourth-order valence-electron chi connectivity index (χ4n) is 3.99. The fraction of sp³-hybridized carbons (Fsp3) is 0.208. The number of anilines is 2. The van der Waals surface area contributed by atoms with Gasteiger partial charge in [0.05, 0.1) is 0 Å². The molecule has 0 aliphatic carbocycles. The number of benzene rings is 3. The first-order valence-corrected chi connectivity index (χ1v) is 9.61. The number of carbonyl (C=O) groups is 1. The van der Waals surface area contributed by atoms with Crippen molar-refractivity contribution in [3.63, 3.8) is 0 Å². The lowest BCUT2D eigenvalue weighted by Crippen LogP contribution is -2.33. The van der Waals surface area contributed by atoms with Crippen LogP contribution in [0.4, 0.5) is 16.2 Å². The third-order valence-corrected chi connectivity index (χ3v) is 5.48. The van der Waals surface area contributed by atoms with Crippen LogP contribution < -0.4 is 16.1 Å². The molecule has 1 saturated heterocycles. The Bertz CT molecular complexity index is 1040. The molecule has 2 N–H and O–H groups in total. The average Bonchev–Trinajstić information content (AvgIpc) is 2.94. The van der Waals surface area contributed by atoms with Crippen LogP contribution in [0.3, 0.4) is 0 Å². The second-order valence-electron chi connectivity index (χ2n) is 8.00. The minimum absolute atomic E-state index is 0.212. The monoisotopic (exact) mass is 382 g/mol. The number of cyclic esters (lactones) is 1. The van der Waals surface area contributed by atoms with Crippen LogP contribution in [0, 0.1) is 6.92 Å². The zero-order valence-corrected chi connectivity index (χ0v) is 16.8. The Kier molecular flexibility index (Phi) is 4.61. The molecule has 0 saturated carbocycles. The smallest absolute Gasteiger partial charge is 0.415 e. The maximum Gasteiger partial charge on any atom is 0.415 e. The molecule has 1 atom stereocenters. The van der Waals surface area contributed by atoms with Crippen molar-refractivity contribution in [2.45, 2.75) is 32.4 Å². The van der Waals surface area contributed by atoms with E-state index in [4.69, 9.17) is 18.3 Å². The van der Waals surface area contributed by atoms with Crippen molar-refractivity contribution >= 4 is 30.8 Å². The van der Waals surface area contributed by atoms with Gasteiger partial charge in [0.25, 0.3) is 0 Å². The van der Waals surface area contributed by atoms with Crippen LogP contribution in [-0.4, -0.2) is 19.5 Å². The van der Waals surface area contributed by atoms with Gasteiger partial charge in [-0.15, -0.1) is 0 Å². The van der Waals surface area contributed by atoms with Crippen LogP contribution in [0.25, 0.3) is 11.1 Å². The Morgan fingerprint density at radius 2 is 1.66 bits per heavy atom. The van der Waals surface area contributed by atoms with Crippen LogP contribution in [0.15, 0.2) is 66.7 Å². The molecule has 1 fully saturated rings. The lowest BCUT2D eigenvalue weighted by molar-refractivity contribution is 0.0685. The first-order chi connectivity index (χ1) is 13.8. The molecule has 1 heterocycles. The summed E-state index contributed by atoms with van der Waals surface area (Å²) in [4.78, 5) is 14.5. The highest BCUT2D eigenvalue weighted by atomic mass is 16.6. The van der Waals surface area contributed by atoms with E-state index in [1.165, 1.54) is 0 Å². The van der Waals surface area contributed by atoms with Gasteiger partial charge in [-0.05, 0) is 61.2 Å². The van der Waals surface area contributed by atoms with Crippen molar-refractivity contribution in [2.75, 3.05) is 10.6 Å². The maximum absolute atomic E-state index is 12.7. The second kappa shape index (κ2) is 7.00. The van der Waals surface area contributed by atoms with Crippen LogP contribution in [0.1, 0.15) is 31.0 Å². The van der Waals surface area contributed by atoms with E-state index < -0.39 is 5.60 Å².